The Morgan fingerprint density at radius 2 is 0.757 bits per heavy atom. The van der Waals surface area contributed by atoms with Crippen molar-refractivity contribution in [2.24, 2.45) is 0 Å². The molecule has 0 aromatic heterocycles. The molecule has 0 bridgehead atoms. The van der Waals surface area contributed by atoms with Crippen LogP contribution in [0.4, 0.5) is 0 Å². The standard InChI is InChI=1S/C58H101O11P/c1-4-7-10-13-16-19-22-24-26-27-29-31-34-37-40-43-46-49-58(62)69-55(51-65-56(60)47-44-41-38-35-33-30-28-25-23-20-17-14-11-8-5-2)53-67-70(63,64)66-52-54(50-59)68-57(61)48-45-42-39-36-32-21-18-15-12-9-6-3/h7,10,15-20,24-26,28,54-55,59H,4-6,8-9,11-14,21-23,27,29-53H2,1-3H3,(H,63,64)/b10-7-,18-15-,19-16-,20-17-,26-24-,28-25-. The van der Waals surface area contributed by atoms with Gasteiger partial charge in [0.05, 0.1) is 19.8 Å². The van der Waals surface area contributed by atoms with E-state index in [0.717, 1.165) is 141 Å². The van der Waals surface area contributed by atoms with Crippen molar-refractivity contribution in [1.29, 1.82) is 0 Å². The summed E-state index contributed by atoms with van der Waals surface area (Å²) in [4.78, 5) is 48.4. The van der Waals surface area contributed by atoms with Crippen molar-refractivity contribution in [3.63, 3.8) is 0 Å². The normalized spacial score (nSPS) is 14.0. The van der Waals surface area contributed by atoms with Crippen LogP contribution in [0.2, 0.25) is 0 Å². The molecular weight excluding hydrogens is 904 g/mol. The maximum absolute atomic E-state index is 12.9. The number of aliphatic hydroxyl groups is 1. The van der Waals surface area contributed by atoms with Crippen molar-refractivity contribution in [1.82, 2.24) is 0 Å². The van der Waals surface area contributed by atoms with Gasteiger partial charge in [-0.05, 0) is 103 Å². The average Bonchev–Trinajstić information content (AvgIpc) is 3.35. The molecule has 0 aliphatic heterocycles. The Balaban J connectivity index is 4.78. The van der Waals surface area contributed by atoms with Gasteiger partial charge in [0.1, 0.15) is 12.7 Å². The van der Waals surface area contributed by atoms with E-state index in [1.165, 1.54) is 38.5 Å². The summed E-state index contributed by atoms with van der Waals surface area (Å²) in [6, 6.07) is 0. The van der Waals surface area contributed by atoms with E-state index in [2.05, 4.69) is 93.7 Å². The highest BCUT2D eigenvalue weighted by atomic mass is 31.2. The highest BCUT2D eigenvalue weighted by molar-refractivity contribution is 7.47. The monoisotopic (exact) mass is 1000 g/mol. The van der Waals surface area contributed by atoms with Crippen LogP contribution in [0.5, 0.6) is 0 Å². The predicted octanol–water partition coefficient (Wildman–Crippen LogP) is 16.1. The minimum absolute atomic E-state index is 0.151. The molecule has 0 saturated heterocycles. The SMILES string of the molecule is CC/C=C\C/C=C\C/C=C\CCCCCCCCCC(=O)OC(COC(=O)CCCCCCC/C=C\C/C=C\CCCCC)COP(=O)(O)OCC(CO)OC(=O)CCCCCCC/C=C\CCCC. The number of hydrogen-bond acceptors (Lipinski definition) is 10. The van der Waals surface area contributed by atoms with Crippen LogP contribution in [0.15, 0.2) is 72.9 Å². The summed E-state index contributed by atoms with van der Waals surface area (Å²) in [5, 5.41) is 9.78. The molecule has 0 aromatic rings. The van der Waals surface area contributed by atoms with Gasteiger partial charge in [-0.15, -0.1) is 0 Å². The Morgan fingerprint density at radius 3 is 1.20 bits per heavy atom. The van der Waals surface area contributed by atoms with Gasteiger partial charge < -0.3 is 24.2 Å². The third kappa shape index (κ3) is 49.9. The summed E-state index contributed by atoms with van der Waals surface area (Å²) >= 11 is 0. The zero-order valence-electron chi connectivity index (χ0n) is 44.5. The first kappa shape index (κ1) is 66.9. The first-order valence-electron chi connectivity index (χ1n) is 27.8. The van der Waals surface area contributed by atoms with Crippen LogP contribution < -0.4 is 0 Å². The number of ether oxygens (including phenoxy) is 3. The number of hydrogen-bond donors (Lipinski definition) is 2. The lowest BCUT2D eigenvalue weighted by atomic mass is 10.1. The molecule has 3 unspecified atom stereocenters. The van der Waals surface area contributed by atoms with E-state index in [4.69, 9.17) is 23.3 Å². The molecule has 0 aliphatic rings. The lowest BCUT2D eigenvalue weighted by Gasteiger charge is -2.21. The van der Waals surface area contributed by atoms with E-state index in [1.54, 1.807) is 0 Å². The third-order valence-electron chi connectivity index (χ3n) is 11.6. The van der Waals surface area contributed by atoms with E-state index in [1.807, 2.05) is 0 Å². The maximum atomic E-state index is 12.9. The van der Waals surface area contributed by atoms with Gasteiger partial charge in [0.25, 0.3) is 0 Å². The number of allylic oxidation sites excluding steroid dienone is 12. The molecule has 3 atom stereocenters. The molecule has 0 aromatic carbocycles. The Kier molecular flexibility index (Phi) is 50.0. The van der Waals surface area contributed by atoms with Crippen molar-refractivity contribution in [3.8, 4) is 0 Å². The zero-order valence-corrected chi connectivity index (χ0v) is 45.4. The van der Waals surface area contributed by atoms with Gasteiger partial charge in [0.2, 0.25) is 0 Å². The minimum Gasteiger partial charge on any atom is -0.462 e. The Bertz CT molecular complexity index is 1450. The number of rotatable bonds is 51. The van der Waals surface area contributed by atoms with E-state index in [9.17, 15) is 28.9 Å². The number of carbonyl (C=O) groups excluding carboxylic acids is 3. The summed E-state index contributed by atoms with van der Waals surface area (Å²) < 4.78 is 39.4. The Hall–Kier alpha value is -3.08. The van der Waals surface area contributed by atoms with Gasteiger partial charge >= 0.3 is 25.7 Å². The van der Waals surface area contributed by atoms with Gasteiger partial charge in [0.15, 0.2) is 6.10 Å². The van der Waals surface area contributed by atoms with Crippen molar-refractivity contribution < 1.29 is 52.2 Å². The highest BCUT2D eigenvalue weighted by Crippen LogP contribution is 2.43. The first-order chi connectivity index (χ1) is 34.2. The molecule has 0 spiro atoms. The summed E-state index contributed by atoms with van der Waals surface area (Å²) in [5.74, 6) is -1.50. The second-order valence-corrected chi connectivity index (χ2v) is 19.8. The lowest BCUT2D eigenvalue weighted by Crippen LogP contribution is -2.30. The average molecular weight is 1010 g/mol. The van der Waals surface area contributed by atoms with Gasteiger partial charge in [-0.2, -0.15) is 0 Å². The van der Waals surface area contributed by atoms with Crippen LogP contribution in [0.3, 0.4) is 0 Å². The number of phosphoric acid groups is 1. The molecule has 12 heteroatoms. The topological polar surface area (TPSA) is 155 Å². The molecule has 70 heavy (non-hydrogen) atoms. The van der Waals surface area contributed by atoms with Crippen LogP contribution in [-0.2, 0) is 42.2 Å². The number of esters is 3. The Labute approximate surface area is 427 Å². The van der Waals surface area contributed by atoms with E-state index >= 15 is 0 Å². The van der Waals surface area contributed by atoms with Crippen molar-refractivity contribution in [2.75, 3.05) is 26.4 Å². The smallest absolute Gasteiger partial charge is 0.462 e. The maximum Gasteiger partial charge on any atom is 0.472 e. The van der Waals surface area contributed by atoms with Crippen LogP contribution in [0.1, 0.15) is 239 Å². The van der Waals surface area contributed by atoms with E-state index in [0.29, 0.717) is 19.3 Å². The molecule has 0 aliphatic carbocycles. The van der Waals surface area contributed by atoms with E-state index < -0.39 is 57.8 Å². The molecule has 0 saturated carbocycles. The second-order valence-electron chi connectivity index (χ2n) is 18.4. The van der Waals surface area contributed by atoms with Gasteiger partial charge in [-0.3, -0.25) is 23.4 Å². The van der Waals surface area contributed by atoms with Crippen molar-refractivity contribution >= 4 is 25.7 Å². The quantitative estimate of drug-likeness (QED) is 0.0197. The predicted molar refractivity (Wildman–Crippen MR) is 288 cm³/mol. The van der Waals surface area contributed by atoms with Crippen LogP contribution in [-0.4, -0.2) is 66.5 Å². The fourth-order valence-corrected chi connectivity index (χ4v) is 8.11. The Morgan fingerprint density at radius 1 is 0.414 bits per heavy atom. The highest BCUT2D eigenvalue weighted by Gasteiger charge is 2.28. The zero-order chi connectivity index (χ0) is 51.3. The second kappa shape index (κ2) is 52.2. The van der Waals surface area contributed by atoms with Crippen molar-refractivity contribution in [2.45, 2.75) is 251 Å². The minimum atomic E-state index is -4.75. The molecule has 0 heterocycles. The molecule has 0 radical (unpaired) electrons. The summed E-state index contributed by atoms with van der Waals surface area (Å²) in [6.45, 7) is 4.43. The molecule has 0 fully saturated rings. The molecular formula is C58H101O11P. The fourth-order valence-electron chi connectivity index (χ4n) is 7.32. The molecule has 0 amide bonds. The third-order valence-corrected chi connectivity index (χ3v) is 12.5. The largest absolute Gasteiger partial charge is 0.472 e. The van der Waals surface area contributed by atoms with Crippen LogP contribution in [0.25, 0.3) is 0 Å². The van der Waals surface area contributed by atoms with Gasteiger partial charge in [0, 0.05) is 19.3 Å². The number of aliphatic hydroxyl groups excluding tert-OH is 1. The summed E-state index contributed by atoms with van der Waals surface area (Å²) in [6.07, 6.45) is 57.2. The summed E-state index contributed by atoms with van der Waals surface area (Å²) in [7, 11) is -4.75. The number of unbranched alkanes of at least 4 members (excludes halogenated alkanes) is 22. The lowest BCUT2D eigenvalue weighted by molar-refractivity contribution is -0.161. The van der Waals surface area contributed by atoms with Gasteiger partial charge in [-0.1, -0.05) is 190 Å². The first-order valence-corrected chi connectivity index (χ1v) is 29.3. The molecule has 2 N–H and O–H groups in total. The fraction of sp³-hybridized carbons (Fsp3) is 0.741. The number of phosphoric ester groups is 1. The van der Waals surface area contributed by atoms with Crippen LogP contribution >= 0.6 is 7.82 Å². The van der Waals surface area contributed by atoms with Gasteiger partial charge in [-0.25, -0.2) is 4.57 Å². The molecule has 0 rings (SSSR count). The molecule has 404 valence electrons. The van der Waals surface area contributed by atoms with E-state index in [-0.39, 0.29) is 25.9 Å². The summed E-state index contributed by atoms with van der Waals surface area (Å²) in [5.41, 5.74) is 0. The molecule has 11 nitrogen and oxygen atoms in total. The number of carbonyl (C=O) groups is 3. The van der Waals surface area contributed by atoms with Crippen molar-refractivity contribution in [3.05, 3.63) is 72.9 Å². The van der Waals surface area contributed by atoms with Crippen LogP contribution in [0, 0.1) is 0 Å².